The Hall–Kier alpha value is -2.66. The van der Waals surface area contributed by atoms with Gasteiger partial charge >= 0.3 is 0 Å². The SMILES string of the molecule is CCC(C)(CC(C)(C)NC(=O)c1ccc(S(=O)[O-])c([N+](=O)[O-])c1)N1C(=O)CC(C)(C)CC1=O. The molecule has 1 saturated heterocycles. The minimum atomic E-state index is -2.82. The highest BCUT2D eigenvalue weighted by molar-refractivity contribution is 7.79. The molecule has 0 spiro atoms. The second-order valence-electron chi connectivity index (χ2n) is 10.2. The zero-order chi connectivity index (χ0) is 25.4. The Labute approximate surface area is 195 Å². The van der Waals surface area contributed by atoms with E-state index in [-0.39, 0.29) is 36.6 Å². The molecule has 0 aliphatic carbocycles. The minimum absolute atomic E-state index is 0.0750. The number of benzene rings is 1. The Morgan fingerprint density at radius 1 is 1.21 bits per heavy atom. The van der Waals surface area contributed by atoms with Gasteiger partial charge in [-0.1, -0.05) is 20.8 Å². The fraction of sp³-hybridized carbons (Fsp3) is 0.591. The van der Waals surface area contributed by atoms with Crippen LogP contribution in [-0.2, 0) is 20.7 Å². The van der Waals surface area contributed by atoms with E-state index in [0.29, 0.717) is 6.42 Å². The van der Waals surface area contributed by atoms with Crippen LogP contribution in [0.2, 0.25) is 0 Å². The van der Waals surface area contributed by atoms with E-state index >= 15 is 0 Å². The predicted molar refractivity (Wildman–Crippen MR) is 120 cm³/mol. The van der Waals surface area contributed by atoms with E-state index in [1.165, 1.54) is 11.0 Å². The van der Waals surface area contributed by atoms with Crippen LogP contribution < -0.4 is 5.32 Å². The average molecular weight is 481 g/mol. The average Bonchev–Trinajstić information content (AvgIpc) is 2.64. The Balaban J connectivity index is 2.27. The number of nitro benzene ring substituents is 1. The fourth-order valence-electron chi connectivity index (χ4n) is 4.46. The van der Waals surface area contributed by atoms with Crippen LogP contribution in [0, 0.1) is 15.5 Å². The lowest BCUT2D eigenvalue weighted by molar-refractivity contribution is -0.387. The lowest BCUT2D eigenvalue weighted by atomic mass is 9.76. The molecule has 1 aromatic carbocycles. The number of imide groups is 1. The third kappa shape index (κ3) is 6.02. The first kappa shape index (κ1) is 26.6. The highest BCUT2D eigenvalue weighted by Gasteiger charge is 2.47. The van der Waals surface area contributed by atoms with Crippen LogP contribution in [0.1, 0.15) is 77.6 Å². The van der Waals surface area contributed by atoms with Crippen molar-refractivity contribution in [2.24, 2.45) is 5.41 Å². The quantitative estimate of drug-likeness (QED) is 0.260. The molecular formula is C22H30N3O7S-. The summed E-state index contributed by atoms with van der Waals surface area (Å²) in [7, 11) is 0. The number of hydrogen-bond acceptors (Lipinski definition) is 7. The van der Waals surface area contributed by atoms with Gasteiger partial charge in [-0.25, -0.2) is 0 Å². The predicted octanol–water partition coefficient (Wildman–Crippen LogP) is 3.08. The molecule has 2 rings (SSSR count). The van der Waals surface area contributed by atoms with E-state index in [4.69, 9.17) is 0 Å². The molecule has 10 nitrogen and oxygen atoms in total. The number of amides is 3. The van der Waals surface area contributed by atoms with E-state index < -0.39 is 49.0 Å². The monoisotopic (exact) mass is 480 g/mol. The van der Waals surface area contributed by atoms with Crippen molar-refractivity contribution < 1.29 is 28.1 Å². The molecule has 1 fully saturated rings. The molecule has 11 heteroatoms. The molecule has 33 heavy (non-hydrogen) atoms. The molecule has 1 heterocycles. The van der Waals surface area contributed by atoms with Crippen LogP contribution in [0.5, 0.6) is 0 Å². The van der Waals surface area contributed by atoms with Crippen LogP contribution in [0.25, 0.3) is 0 Å². The highest BCUT2D eigenvalue weighted by Crippen LogP contribution is 2.39. The minimum Gasteiger partial charge on any atom is -0.768 e. The number of hydrogen-bond donors (Lipinski definition) is 1. The van der Waals surface area contributed by atoms with Gasteiger partial charge in [0.15, 0.2) is 0 Å². The number of carbonyl (C=O) groups is 3. The third-order valence-electron chi connectivity index (χ3n) is 5.93. The maximum atomic E-state index is 12.8. The van der Waals surface area contributed by atoms with Gasteiger partial charge in [-0.05, 0) is 62.2 Å². The maximum Gasteiger partial charge on any atom is 0.285 e. The largest absolute Gasteiger partial charge is 0.768 e. The molecular weight excluding hydrogens is 450 g/mol. The maximum absolute atomic E-state index is 12.8. The van der Waals surface area contributed by atoms with Crippen LogP contribution in [0.15, 0.2) is 23.1 Å². The van der Waals surface area contributed by atoms with Crippen LogP contribution in [0.4, 0.5) is 5.69 Å². The molecule has 2 unspecified atom stereocenters. The number of carbonyl (C=O) groups excluding carboxylic acids is 3. The summed E-state index contributed by atoms with van der Waals surface area (Å²) in [5.74, 6) is -1.14. The number of nitrogens with zero attached hydrogens (tertiary/aromatic N) is 2. The molecule has 0 saturated carbocycles. The topological polar surface area (TPSA) is 150 Å². The van der Waals surface area contributed by atoms with E-state index in [9.17, 15) is 33.3 Å². The molecule has 3 amide bonds. The highest BCUT2D eigenvalue weighted by atomic mass is 32.2. The molecule has 1 aliphatic heterocycles. The first-order valence-corrected chi connectivity index (χ1v) is 11.7. The van der Waals surface area contributed by atoms with Crippen molar-refractivity contribution >= 4 is 34.5 Å². The van der Waals surface area contributed by atoms with E-state index in [2.05, 4.69) is 5.32 Å². The van der Waals surface area contributed by atoms with E-state index in [0.717, 1.165) is 12.1 Å². The summed E-state index contributed by atoms with van der Waals surface area (Å²) < 4.78 is 22.4. The molecule has 182 valence electrons. The lowest BCUT2D eigenvalue weighted by Crippen LogP contribution is -2.61. The normalized spacial score (nSPS) is 19.1. The zero-order valence-corrected chi connectivity index (χ0v) is 20.5. The Bertz CT molecular complexity index is 1000. The van der Waals surface area contributed by atoms with Crippen molar-refractivity contribution in [1.29, 1.82) is 0 Å². The summed E-state index contributed by atoms with van der Waals surface area (Å²) in [5.41, 5.74) is -2.92. The molecule has 0 radical (unpaired) electrons. The summed E-state index contributed by atoms with van der Waals surface area (Å²) in [6.45, 7) is 10.9. The van der Waals surface area contributed by atoms with Gasteiger partial charge in [0.05, 0.1) is 4.92 Å². The fourth-order valence-corrected chi connectivity index (χ4v) is 4.94. The first-order valence-electron chi connectivity index (χ1n) is 10.6. The lowest BCUT2D eigenvalue weighted by Gasteiger charge is -2.48. The summed E-state index contributed by atoms with van der Waals surface area (Å²) in [5, 5.41) is 14.0. The zero-order valence-electron chi connectivity index (χ0n) is 19.7. The standard InChI is InChI=1S/C22H31N3O7S/c1-7-22(6,24-17(26)11-20(2,3)12-18(24)27)13-21(4,5)23-19(28)14-8-9-16(33(31)32)15(10-14)25(29)30/h8-10H,7,11-13H2,1-6H3,(H,23,28)(H,31,32)/p-1. The summed E-state index contributed by atoms with van der Waals surface area (Å²) in [6, 6.07) is 3.11. The van der Waals surface area contributed by atoms with Gasteiger partial charge in [0.1, 0.15) is 4.90 Å². The van der Waals surface area contributed by atoms with Crippen molar-refractivity contribution in [3.8, 4) is 0 Å². The Kier molecular flexibility index (Phi) is 7.49. The van der Waals surface area contributed by atoms with Crippen molar-refractivity contribution in [3.05, 3.63) is 33.9 Å². The molecule has 0 bridgehead atoms. The van der Waals surface area contributed by atoms with E-state index in [1.807, 2.05) is 20.8 Å². The molecule has 2 atom stereocenters. The Morgan fingerprint density at radius 2 is 1.76 bits per heavy atom. The van der Waals surface area contributed by atoms with Crippen molar-refractivity contribution in [2.75, 3.05) is 0 Å². The van der Waals surface area contributed by atoms with Crippen LogP contribution in [-0.4, -0.2) is 47.4 Å². The van der Waals surface area contributed by atoms with Crippen molar-refractivity contribution in [2.45, 2.75) is 83.2 Å². The van der Waals surface area contributed by atoms with Crippen LogP contribution in [0.3, 0.4) is 0 Å². The van der Waals surface area contributed by atoms with Gasteiger partial charge in [-0.2, -0.15) is 0 Å². The van der Waals surface area contributed by atoms with Gasteiger partial charge in [-0.15, -0.1) is 0 Å². The van der Waals surface area contributed by atoms with Gasteiger partial charge < -0.3 is 9.87 Å². The molecule has 1 N–H and O–H groups in total. The smallest absolute Gasteiger partial charge is 0.285 e. The van der Waals surface area contributed by atoms with Gasteiger partial charge in [-0.3, -0.25) is 33.6 Å². The van der Waals surface area contributed by atoms with E-state index in [1.54, 1.807) is 20.8 Å². The number of nitrogens with one attached hydrogen (secondary N) is 1. The number of rotatable bonds is 8. The molecule has 0 aromatic heterocycles. The van der Waals surface area contributed by atoms with Gasteiger partial charge in [0.25, 0.3) is 11.6 Å². The summed E-state index contributed by atoms with van der Waals surface area (Å²) in [4.78, 5) is 49.7. The number of piperidine rings is 1. The van der Waals surface area contributed by atoms with Gasteiger partial charge in [0.2, 0.25) is 11.8 Å². The van der Waals surface area contributed by atoms with Gasteiger partial charge in [0, 0.05) is 35.5 Å². The van der Waals surface area contributed by atoms with Crippen molar-refractivity contribution in [3.63, 3.8) is 0 Å². The number of nitro groups is 1. The number of likely N-dealkylation sites (tertiary alicyclic amines) is 1. The molecule has 1 aromatic rings. The second-order valence-corrected chi connectivity index (χ2v) is 11.1. The van der Waals surface area contributed by atoms with Crippen molar-refractivity contribution in [1.82, 2.24) is 10.2 Å². The summed E-state index contributed by atoms with van der Waals surface area (Å²) in [6.07, 6.45) is 1.22. The Morgan fingerprint density at radius 3 is 2.21 bits per heavy atom. The summed E-state index contributed by atoms with van der Waals surface area (Å²) >= 11 is -2.82. The first-order chi connectivity index (χ1) is 15.0. The van der Waals surface area contributed by atoms with Crippen LogP contribution >= 0.6 is 0 Å². The molecule has 1 aliphatic rings. The second kappa shape index (κ2) is 9.30. The third-order valence-corrected chi connectivity index (χ3v) is 6.64.